The fourth-order valence-corrected chi connectivity index (χ4v) is 2.40. The van der Waals surface area contributed by atoms with Crippen molar-refractivity contribution in [1.29, 1.82) is 0 Å². The van der Waals surface area contributed by atoms with E-state index in [0.717, 1.165) is 11.1 Å². The first-order valence-corrected chi connectivity index (χ1v) is 7.22. The molecule has 4 N–H and O–H groups in total. The zero-order valence-electron chi connectivity index (χ0n) is 12.6. The van der Waals surface area contributed by atoms with Crippen molar-refractivity contribution in [1.82, 2.24) is 5.32 Å². The average Bonchev–Trinajstić information content (AvgIpc) is 2.47. The van der Waals surface area contributed by atoms with Gasteiger partial charge in [0, 0.05) is 13.1 Å². The van der Waals surface area contributed by atoms with Crippen molar-refractivity contribution in [3.63, 3.8) is 0 Å². The first-order valence-electron chi connectivity index (χ1n) is 7.22. The summed E-state index contributed by atoms with van der Waals surface area (Å²) in [4.78, 5) is 12.3. The minimum Gasteiger partial charge on any atom is -0.387 e. The van der Waals surface area contributed by atoms with Crippen LogP contribution in [0.25, 0.3) is 0 Å². The molecule has 0 saturated carbocycles. The molecule has 1 aromatic rings. The summed E-state index contributed by atoms with van der Waals surface area (Å²) in [5, 5.41) is 13.0. The van der Waals surface area contributed by atoms with Gasteiger partial charge in [-0.3, -0.25) is 4.79 Å². The molecule has 4 heteroatoms. The fraction of sp³-hybridized carbons (Fsp3) is 0.562. The maximum Gasteiger partial charge on any atom is 0.227 e. The molecule has 1 amide bonds. The van der Waals surface area contributed by atoms with Crippen LogP contribution in [0.1, 0.15) is 43.9 Å². The number of aliphatic hydroxyl groups excluding tert-OH is 1. The summed E-state index contributed by atoms with van der Waals surface area (Å²) in [6.45, 7) is 6.42. The topological polar surface area (TPSA) is 75.4 Å². The quantitative estimate of drug-likeness (QED) is 0.713. The van der Waals surface area contributed by atoms with Crippen LogP contribution >= 0.6 is 0 Å². The molecule has 0 radical (unpaired) electrons. The fourth-order valence-electron chi connectivity index (χ4n) is 2.40. The lowest BCUT2D eigenvalue weighted by atomic mass is 9.81. The molecule has 0 fully saturated rings. The van der Waals surface area contributed by atoms with E-state index in [2.05, 4.69) is 5.32 Å². The number of carbonyl (C=O) groups is 1. The van der Waals surface area contributed by atoms with Crippen LogP contribution in [0.15, 0.2) is 24.3 Å². The van der Waals surface area contributed by atoms with Gasteiger partial charge in [-0.15, -0.1) is 0 Å². The molecule has 0 aliphatic carbocycles. The number of aryl methyl sites for hydroxylation is 1. The molecule has 0 aromatic heterocycles. The van der Waals surface area contributed by atoms with E-state index in [4.69, 9.17) is 5.73 Å². The molecule has 0 heterocycles. The Morgan fingerprint density at radius 3 is 2.45 bits per heavy atom. The Morgan fingerprint density at radius 1 is 1.35 bits per heavy atom. The minimum atomic E-state index is -0.690. The van der Waals surface area contributed by atoms with Crippen LogP contribution in [0.4, 0.5) is 0 Å². The Morgan fingerprint density at radius 2 is 1.95 bits per heavy atom. The second-order valence-corrected chi connectivity index (χ2v) is 5.27. The van der Waals surface area contributed by atoms with Crippen molar-refractivity contribution < 1.29 is 9.90 Å². The van der Waals surface area contributed by atoms with Crippen molar-refractivity contribution in [3.8, 4) is 0 Å². The number of benzene rings is 1. The highest BCUT2D eigenvalue weighted by Crippen LogP contribution is 2.25. The number of nitrogens with one attached hydrogen (secondary N) is 1. The highest BCUT2D eigenvalue weighted by molar-refractivity contribution is 5.82. The Hall–Kier alpha value is -1.39. The number of aliphatic hydroxyl groups is 1. The van der Waals surface area contributed by atoms with E-state index < -0.39 is 11.5 Å². The number of nitrogens with two attached hydrogens (primary N) is 1. The molecular formula is C16H26N2O2. The third kappa shape index (κ3) is 3.58. The molecule has 20 heavy (non-hydrogen) atoms. The molecule has 0 bridgehead atoms. The Labute approximate surface area is 121 Å². The van der Waals surface area contributed by atoms with Gasteiger partial charge in [-0.05, 0) is 30.9 Å². The Balaban J connectivity index is 2.67. The van der Waals surface area contributed by atoms with Gasteiger partial charge >= 0.3 is 0 Å². The van der Waals surface area contributed by atoms with Crippen LogP contribution in [0.5, 0.6) is 0 Å². The molecule has 0 saturated heterocycles. The van der Waals surface area contributed by atoms with Gasteiger partial charge < -0.3 is 16.2 Å². The van der Waals surface area contributed by atoms with E-state index in [0.29, 0.717) is 19.4 Å². The smallest absolute Gasteiger partial charge is 0.227 e. The number of rotatable bonds is 7. The third-order valence-electron chi connectivity index (χ3n) is 4.23. The maximum atomic E-state index is 12.3. The highest BCUT2D eigenvalue weighted by Gasteiger charge is 2.33. The number of amides is 1. The van der Waals surface area contributed by atoms with Crippen molar-refractivity contribution in [2.24, 2.45) is 11.1 Å². The van der Waals surface area contributed by atoms with Crippen LogP contribution in [-0.2, 0) is 4.79 Å². The van der Waals surface area contributed by atoms with Crippen LogP contribution in [-0.4, -0.2) is 24.1 Å². The number of hydrogen-bond acceptors (Lipinski definition) is 3. The summed E-state index contributed by atoms with van der Waals surface area (Å²) in [5.41, 5.74) is 7.09. The van der Waals surface area contributed by atoms with Gasteiger partial charge in [0.25, 0.3) is 0 Å². The monoisotopic (exact) mass is 278 g/mol. The van der Waals surface area contributed by atoms with E-state index in [1.807, 2.05) is 45.0 Å². The maximum absolute atomic E-state index is 12.3. The van der Waals surface area contributed by atoms with Gasteiger partial charge in [-0.1, -0.05) is 38.1 Å². The summed E-state index contributed by atoms with van der Waals surface area (Å²) in [6.07, 6.45) is 0.711. The van der Waals surface area contributed by atoms with Crippen LogP contribution in [0.2, 0.25) is 0 Å². The van der Waals surface area contributed by atoms with Gasteiger partial charge in [-0.25, -0.2) is 0 Å². The largest absolute Gasteiger partial charge is 0.387 e. The van der Waals surface area contributed by atoms with E-state index in [-0.39, 0.29) is 12.5 Å². The molecule has 0 aliphatic heterocycles. The lowest BCUT2D eigenvalue weighted by Gasteiger charge is -2.29. The summed E-state index contributed by atoms with van der Waals surface area (Å²) in [7, 11) is 0. The van der Waals surface area contributed by atoms with Gasteiger partial charge in [0.1, 0.15) is 0 Å². The molecule has 1 atom stereocenters. The zero-order valence-corrected chi connectivity index (χ0v) is 12.6. The van der Waals surface area contributed by atoms with E-state index in [1.54, 1.807) is 0 Å². The van der Waals surface area contributed by atoms with Crippen LogP contribution in [0.3, 0.4) is 0 Å². The van der Waals surface area contributed by atoms with E-state index >= 15 is 0 Å². The predicted molar refractivity (Wildman–Crippen MR) is 81.2 cm³/mol. The molecule has 112 valence electrons. The predicted octanol–water partition coefficient (Wildman–Crippen LogP) is 1.91. The van der Waals surface area contributed by atoms with Crippen molar-refractivity contribution >= 4 is 5.91 Å². The summed E-state index contributed by atoms with van der Waals surface area (Å²) >= 11 is 0. The van der Waals surface area contributed by atoms with Crippen molar-refractivity contribution in [2.45, 2.75) is 39.7 Å². The summed E-state index contributed by atoms with van der Waals surface area (Å²) < 4.78 is 0. The normalized spacial score (nSPS) is 13.1. The van der Waals surface area contributed by atoms with Crippen LogP contribution < -0.4 is 11.1 Å². The van der Waals surface area contributed by atoms with E-state index in [9.17, 15) is 9.90 Å². The molecule has 1 aromatic carbocycles. The van der Waals surface area contributed by atoms with Crippen LogP contribution in [0, 0.1) is 12.3 Å². The molecular weight excluding hydrogens is 252 g/mol. The molecule has 0 aliphatic rings. The molecule has 1 unspecified atom stereocenters. The Bertz CT molecular complexity index is 434. The van der Waals surface area contributed by atoms with Crippen molar-refractivity contribution in [2.75, 3.05) is 13.1 Å². The molecule has 1 rings (SSSR count). The lowest BCUT2D eigenvalue weighted by Crippen LogP contribution is -2.46. The third-order valence-corrected chi connectivity index (χ3v) is 4.23. The second-order valence-electron chi connectivity index (χ2n) is 5.27. The van der Waals surface area contributed by atoms with Crippen molar-refractivity contribution in [3.05, 3.63) is 35.4 Å². The molecule has 0 spiro atoms. The van der Waals surface area contributed by atoms with Gasteiger partial charge in [0.2, 0.25) is 5.91 Å². The molecule has 4 nitrogen and oxygen atoms in total. The highest BCUT2D eigenvalue weighted by atomic mass is 16.3. The second kappa shape index (κ2) is 7.41. The first kappa shape index (κ1) is 16.7. The van der Waals surface area contributed by atoms with Gasteiger partial charge in [0.15, 0.2) is 0 Å². The standard InChI is InChI=1S/C16H26N2O2/c1-4-16(5-2,11-17)15(20)18-10-14(19)13-9-7-6-8-12(13)3/h6-9,14,19H,4-5,10-11,17H2,1-3H3,(H,18,20). The zero-order chi connectivity index (χ0) is 15.2. The Kier molecular flexibility index (Phi) is 6.17. The summed E-state index contributed by atoms with van der Waals surface area (Å²) in [5.74, 6) is -0.0716. The SMILES string of the molecule is CCC(CC)(CN)C(=O)NCC(O)c1ccccc1C. The van der Waals surface area contributed by atoms with Gasteiger partial charge in [0.05, 0.1) is 11.5 Å². The number of hydrogen-bond donors (Lipinski definition) is 3. The average molecular weight is 278 g/mol. The minimum absolute atomic E-state index is 0.0716. The summed E-state index contributed by atoms with van der Waals surface area (Å²) in [6, 6.07) is 7.64. The van der Waals surface area contributed by atoms with Gasteiger partial charge in [-0.2, -0.15) is 0 Å². The van der Waals surface area contributed by atoms with E-state index in [1.165, 1.54) is 0 Å². The number of carbonyl (C=O) groups excluding carboxylic acids is 1. The lowest BCUT2D eigenvalue weighted by molar-refractivity contribution is -0.131. The first-order chi connectivity index (χ1) is 9.50.